The first-order valence-corrected chi connectivity index (χ1v) is 4.65. The summed E-state index contributed by atoms with van der Waals surface area (Å²) < 4.78 is 23.4. The van der Waals surface area contributed by atoms with Crippen LogP contribution in [-0.4, -0.2) is 31.9 Å². The molecule has 0 aromatic heterocycles. The van der Waals surface area contributed by atoms with Crippen molar-refractivity contribution in [3.05, 3.63) is 0 Å². The number of aliphatic hydroxyl groups is 1. The molecule has 0 fully saturated rings. The van der Waals surface area contributed by atoms with E-state index in [9.17, 15) is 8.42 Å². The largest absolute Gasteiger partial charge is 0.392 e. The van der Waals surface area contributed by atoms with Gasteiger partial charge < -0.3 is 5.11 Å². The summed E-state index contributed by atoms with van der Waals surface area (Å²) in [5, 5.41) is 16.7. The van der Waals surface area contributed by atoms with Crippen LogP contribution in [0.15, 0.2) is 0 Å². The summed E-state index contributed by atoms with van der Waals surface area (Å²) in [5.41, 5.74) is 0. The minimum Gasteiger partial charge on any atom is -0.392 e. The Morgan fingerprint density at radius 2 is 2.27 bits per heavy atom. The Labute approximate surface area is 65.7 Å². The van der Waals surface area contributed by atoms with Gasteiger partial charge >= 0.3 is 0 Å². The third-order valence-corrected chi connectivity index (χ3v) is 1.97. The van der Waals surface area contributed by atoms with Gasteiger partial charge in [0.25, 0.3) is 0 Å². The smallest absolute Gasteiger partial charge is 0.225 e. The van der Waals surface area contributed by atoms with E-state index in [4.69, 9.17) is 10.4 Å². The van der Waals surface area contributed by atoms with E-state index >= 15 is 0 Å². The highest BCUT2D eigenvalue weighted by molar-refractivity contribution is 7.89. The lowest BCUT2D eigenvalue weighted by atomic mass is 10.4. The number of nitrogens with zero attached hydrogens (tertiary/aromatic N) is 1. The first kappa shape index (κ1) is 10.4. The minimum absolute atomic E-state index is 0.0516. The van der Waals surface area contributed by atoms with Crippen molar-refractivity contribution < 1.29 is 13.5 Å². The SMILES string of the molecule is CC(O)CNS(=O)(=O)CC#N. The molecule has 0 heterocycles. The summed E-state index contributed by atoms with van der Waals surface area (Å²) in [7, 11) is -3.50. The molecule has 11 heavy (non-hydrogen) atoms. The second kappa shape index (κ2) is 4.28. The van der Waals surface area contributed by atoms with Gasteiger partial charge in [-0.15, -0.1) is 0 Å². The second-order valence-corrected chi connectivity index (χ2v) is 3.92. The van der Waals surface area contributed by atoms with E-state index in [1.807, 2.05) is 0 Å². The number of hydrogen-bond acceptors (Lipinski definition) is 4. The van der Waals surface area contributed by atoms with Crippen LogP contribution in [0, 0.1) is 11.3 Å². The normalized spacial score (nSPS) is 13.9. The van der Waals surface area contributed by atoms with Gasteiger partial charge in [0.15, 0.2) is 5.75 Å². The molecule has 1 atom stereocenters. The van der Waals surface area contributed by atoms with Crippen molar-refractivity contribution in [2.24, 2.45) is 0 Å². The van der Waals surface area contributed by atoms with Gasteiger partial charge in [0.05, 0.1) is 12.2 Å². The predicted molar refractivity (Wildman–Crippen MR) is 39.1 cm³/mol. The molecule has 0 aliphatic heterocycles. The van der Waals surface area contributed by atoms with Gasteiger partial charge in [-0.05, 0) is 6.92 Å². The summed E-state index contributed by atoms with van der Waals surface area (Å²) in [6.45, 7) is 1.40. The molecule has 0 saturated heterocycles. The summed E-state index contributed by atoms with van der Waals surface area (Å²) in [6.07, 6.45) is -0.733. The zero-order valence-corrected chi connectivity index (χ0v) is 6.93. The lowest BCUT2D eigenvalue weighted by Crippen LogP contribution is -2.32. The molecule has 0 aromatic rings. The van der Waals surface area contributed by atoms with Crippen LogP contribution >= 0.6 is 0 Å². The first-order valence-electron chi connectivity index (χ1n) is 3.00. The van der Waals surface area contributed by atoms with E-state index in [-0.39, 0.29) is 6.54 Å². The molecule has 0 radical (unpaired) electrons. The number of hydrogen-bond donors (Lipinski definition) is 2. The number of nitriles is 1. The van der Waals surface area contributed by atoms with Gasteiger partial charge in [0.2, 0.25) is 10.0 Å². The Balaban J connectivity index is 3.87. The lowest BCUT2D eigenvalue weighted by molar-refractivity contribution is 0.198. The molecule has 0 aliphatic rings. The maximum atomic E-state index is 10.7. The summed E-state index contributed by atoms with van der Waals surface area (Å²) in [6, 6.07) is 1.50. The monoisotopic (exact) mass is 178 g/mol. The Bertz CT molecular complexity index is 239. The van der Waals surface area contributed by atoms with E-state index < -0.39 is 21.9 Å². The Kier molecular flexibility index (Phi) is 4.03. The molecule has 1 unspecified atom stereocenters. The maximum absolute atomic E-state index is 10.7. The Morgan fingerprint density at radius 1 is 1.73 bits per heavy atom. The molecule has 6 heteroatoms. The van der Waals surface area contributed by atoms with Crippen molar-refractivity contribution in [1.29, 1.82) is 5.26 Å². The molecule has 0 bridgehead atoms. The highest BCUT2D eigenvalue weighted by Crippen LogP contribution is 1.83. The van der Waals surface area contributed by atoms with Gasteiger partial charge in [-0.1, -0.05) is 0 Å². The molecule has 64 valence electrons. The fraction of sp³-hybridized carbons (Fsp3) is 0.800. The van der Waals surface area contributed by atoms with Gasteiger partial charge in [-0.3, -0.25) is 0 Å². The third kappa shape index (κ3) is 5.79. The van der Waals surface area contributed by atoms with E-state index in [0.29, 0.717) is 0 Å². The third-order valence-electron chi connectivity index (χ3n) is 0.853. The van der Waals surface area contributed by atoms with Gasteiger partial charge in [0.1, 0.15) is 0 Å². The van der Waals surface area contributed by atoms with Crippen LogP contribution in [0.5, 0.6) is 0 Å². The van der Waals surface area contributed by atoms with Crippen LogP contribution in [-0.2, 0) is 10.0 Å². The van der Waals surface area contributed by atoms with Crippen molar-refractivity contribution in [3.63, 3.8) is 0 Å². The number of sulfonamides is 1. The molecular formula is C5H10N2O3S. The first-order chi connectivity index (χ1) is 4.98. The molecule has 0 amide bonds. The van der Waals surface area contributed by atoms with Crippen molar-refractivity contribution in [2.45, 2.75) is 13.0 Å². The van der Waals surface area contributed by atoms with Gasteiger partial charge in [-0.25, -0.2) is 13.1 Å². The molecule has 5 nitrogen and oxygen atoms in total. The van der Waals surface area contributed by atoms with Crippen LogP contribution in [0.1, 0.15) is 6.92 Å². The van der Waals surface area contributed by atoms with E-state index in [1.165, 1.54) is 13.0 Å². The molecule has 0 saturated carbocycles. The summed E-state index contributed by atoms with van der Waals surface area (Å²) in [5.74, 6) is -0.570. The number of aliphatic hydroxyl groups excluding tert-OH is 1. The van der Waals surface area contributed by atoms with Gasteiger partial charge in [0, 0.05) is 6.54 Å². The van der Waals surface area contributed by atoms with Crippen molar-refractivity contribution >= 4 is 10.0 Å². The van der Waals surface area contributed by atoms with E-state index in [2.05, 4.69) is 4.72 Å². The zero-order chi connectivity index (χ0) is 8.91. The molecule has 0 rings (SSSR count). The Hall–Kier alpha value is -0.640. The summed E-state index contributed by atoms with van der Waals surface area (Å²) in [4.78, 5) is 0. The van der Waals surface area contributed by atoms with Gasteiger partial charge in [-0.2, -0.15) is 5.26 Å². The Morgan fingerprint density at radius 3 is 2.64 bits per heavy atom. The van der Waals surface area contributed by atoms with Crippen LogP contribution in [0.2, 0.25) is 0 Å². The zero-order valence-electron chi connectivity index (χ0n) is 6.11. The molecule has 0 aromatic carbocycles. The number of rotatable bonds is 4. The average Bonchev–Trinajstić information content (AvgIpc) is 1.84. The van der Waals surface area contributed by atoms with Crippen LogP contribution in [0.25, 0.3) is 0 Å². The maximum Gasteiger partial charge on any atom is 0.225 e. The highest BCUT2D eigenvalue weighted by Gasteiger charge is 2.08. The lowest BCUT2D eigenvalue weighted by Gasteiger charge is -2.04. The van der Waals surface area contributed by atoms with Crippen LogP contribution in [0.4, 0.5) is 0 Å². The predicted octanol–water partition coefficient (Wildman–Crippen LogP) is -1.19. The topological polar surface area (TPSA) is 90.2 Å². The van der Waals surface area contributed by atoms with E-state index in [0.717, 1.165) is 0 Å². The second-order valence-electron chi connectivity index (χ2n) is 2.11. The van der Waals surface area contributed by atoms with Crippen molar-refractivity contribution in [1.82, 2.24) is 4.72 Å². The van der Waals surface area contributed by atoms with Crippen molar-refractivity contribution in [3.8, 4) is 6.07 Å². The summed E-state index contributed by atoms with van der Waals surface area (Å²) >= 11 is 0. The standard InChI is InChI=1S/C5H10N2O3S/c1-5(8)4-7-11(9,10)3-2-6/h5,7-8H,3-4H2,1H3. The average molecular weight is 178 g/mol. The molecule has 2 N–H and O–H groups in total. The van der Waals surface area contributed by atoms with E-state index in [1.54, 1.807) is 0 Å². The molecule has 0 spiro atoms. The minimum atomic E-state index is -3.50. The fourth-order valence-corrected chi connectivity index (χ4v) is 1.15. The highest BCUT2D eigenvalue weighted by atomic mass is 32.2. The molecular weight excluding hydrogens is 168 g/mol. The van der Waals surface area contributed by atoms with Crippen molar-refractivity contribution in [2.75, 3.05) is 12.3 Å². The van der Waals surface area contributed by atoms with Crippen LogP contribution < -0.4 is 4.72 Å². The quantitative estimate of drug-likeness (QED) is 0.566. The number of nitrogens with one attached hydrogen (secondary N) is 1. The molecule has 0 aliphatic carbocycles. The fourth-order valence-electron chi connectivity index (χ4n) is 0.384. The van der Waals surface area contributed by atoms with Crippen LogP contribution in [0.3, 0.4) is 0 Å².